The van der Waals surface area contributed by atoms with Gasteiger partial charge in [0.1, 0.15) is 0 Å². The van der Waals surface area contributed by atoms with Crippen molar-refractivity contribution in [1.82, 2.24) is 0 Å². The number of rotatable bonds is 5. The third-order valence-electron chi connectivity index (χ3n) is 1.36. The molecule has 0 aromatic carbocycles. The highest BCUT2D eigenvalue weighted by molar-refractivity contribution is 8.02. The van der Waals surface area contributed by atoms with E-state index in [2.05, 4.69) is 6.58 Å². The van der Waals surface area contributed by atoms with Crippen LogP contribution in [0.5, 0.6) is 0 Å². The summed E-state index contributed by atoms with van der Waals surface area (Å²) in [6.07, 6.45) is 7.43. The lowest BCUT2D eigenvalue weighted by Crippen LogP contribution is -1.99. The van der Waals surface area contributed by atoms with Crippen LogP contribution in [0, 0.1) is 0 Å². The monoisotopic (exact) mass is 226 g/mol. The molecule has 4 N–H and O–H groups in total. The molecular formula is C12H22N2S. The van der Waals surface area contributed by atoms with Gasteiger partial charge < -0.3 is 11.5 Å². The molecule has 0 saturated carbocycles. The van der Waals surface area contributed by atoms with Gasteiger partial charge in [0, 0.05) is 11.6 Å². The zero-order valence-corrected chi connectivity index (χ0v) is 10.7. The van der Waals surface area contributed by atoms with Crippen LogP contribution in [0.1, 0.15) is 20.8 Å². The lowest BCUT2D eigenvalue weighted by atomic mass is 10.2. The Balaban J connectivity index is 0. The first-order valence-corrected chi connectivity index (χ1v) is 6.04. The van der Waals surface area contributed by atoms with E-state index in [0.717, 1.165) is 11.3 Å². The third kappa shape index (κ3) is 9.38. The topological polar surface area (TPSA) is 52.0 Å². The van der Waals surface area contributed by atoms with Crippen LogP contribution in [-0.4, -0.2) is 5.88 Å². The molecular weight excluding hydrogens is 204 g/mol. The van der Waals surface area contributed by atoms with Gasteiger partial charge in [0.2, 0.25) is 0 Å². The van der Waals surface area contributed by atoms with E-state index in [1.807, 2.05) is 44.4 Å². The molecule has 0 radical (unpaired) electrons. The molecule has 0 heterocycles. The Bertz CT molecular complexity index is 240. The van der Waals surface area contributed by atoms with Gasteiger partial charge in [0.15, 0.2) is 0 Å². The van der Waals surface area contributed by atoms with Crippen LogP contribution in [-0.2, 0) is 0 Å². The molecule has 0 amide bonds. The first kappa shape index (κ1) is 16.5. The molecule has 0 unspecified atom stereocenters. The molecule has 2 nitrogen and oxygen atoms in total. The highest BCUT2D eigenvalue weighted by Gasteiger charge is 1.93. The van der Waals surface area contributed by atoms with Gasteiger partial charge in [-0.15, -0.1) is 11.8 Å². The maximum atomic E-state index is 5.79. The minimum Gasteiger partial charge on any atom is -0.398 e. The van der Waals surface area contributed by atoms with Crippen LogP contribution in [0.4, 0.5) is 0 Å². The summed E-state index contributed by atoms with van der Waals surface area (Å²) in [7, 11) is 0. The average Bonchev–Trinajstić information content (AvgIpc) is 2.30. The highest BCUT2D eigenvalue weighted by atomic mass is 32.2. The average molecular weight is 226 g/mol. The standard InChI is InChI=1S/C10H16N2S.C2H6/c1-3-5-6-9(4-2)10(12)7-13-8-11;1-2/h3-7H,1,8,11-12H2,2H3;1-2H3/b6-5-,9-4+,10-7-;. The Morgan fingerprint density at radius 3 is 2.40 bits per heavy atom. The summed E-state index contributed by atoms with van der Waals surface area (Å²) < 4.78 is 0. The van der Waals surface area contributed by atoms with Crippen molar-refractivity contribution in [2.45, 2.75) is 20.8 Å². The fraction of sp³-hybridized carbons (Fsp3) is 0.333. The SMILES string of the molecule is C=C\C=C/C(=C\C)C(/N)=C/SCN.CC. The van der Waals surface area contributed by atoms with Crippen molar-refractivity contribution in [2.24, 2.45) is 11.5 Å². The maximum Gasteiger partial charge on any atom is 0.0448 e. The normalized spacial score (nSPS) is 12.3. The van der Waals surface area contributed by atoms with Gasteiger partial charge in [-0.05, 0) is 17.9 Å². The van der Waals surface area contributed by atoms with Crippen LogP contribution in [0.3, 0.4) is 0 Å². The van der Waals surface area contributed by atoms with E-state index in [9.17, 15) is 0 Å². The van der Waals surface area contributed by atoms with Crippen molar-refractivity contribution in [3.63, 3.8) is 0 Å². The summed E-state index contributed by atoms with van der Waals surface area (Å²) in [4.78, 5) is 0. The van der Waals surface area contributed by atoms with Crippen LogP contribution in [0.15, 0.2) is 47.6 Å². The Kier molecular flexibility index (Phi) is 14.4. The van der Waals surface area contributed by atoms with Crippen molar-refractivity contribution in [2.75, 3.05) is 5.88 Å². The van der Waals surface area contributed by atoms with E-state index in [-0.39, 0.29) is 0 Å². The summed E-state index contributed by atoms with van der Waals surface area (Å²) in [5, 5.41) is 1.85. The lowest BCUT2D eigenvalue weighted by Gasteiger charge is -2.00. The molecule has 0 aromatic heterocycles. The second-order valence-electron chi connectivity index (χ2n) is 2.25. The number of nitrogens with two attached hydrogens (primary N) is 2. The number of allylic oxidation sites excluding steroid dienone is 4. The molecule has 0 spiro atoms. The van der Waals surface area contributed by atoms with E-state index >= 15 is 0 Å². The molecule has 15 heavy (non-hydrogen) atoms. The summed E-state index contributed by atoms with van der Waals surface area (Å²) >= 11 is 1.48. The largest absolute Gasteiger partial charge is 0.398 e. The van der Waals surface area contributed by atoms with Crippen molar-refractivity contribution in [1.29, 1.82) is 0 Å². The van der Waals surface area contributed by atoms with Gasteiger partial charge >= 0.3 is 0 Å². The molecule has 0 aromatic rings. The maximum absolute atomic E-state index is 5.79. The van der Waals surface area contributed by atoms with Gasteiger partial charge in [0.25, 0.3) is 0 Å². The molecule has 0 aliphatic heterocycles. The number of hydrogen-bond donors (Lipinski definition) is 2. The highest BCUT2D eigenvalue weighted by Crippen LogP contribution is 2.10. The quantitative estimate of drug-likeness (QED) is 0.559. The van der Waals surface area contributed by atoms with Gasteiger partial charge in [-0.1, -0.05) is 44.7 Å². The molecule has 0 rings (SSSR count). The smallest absolute Gasteiger partial charge is 0.0448 e. The fourth-order valence-corrected chi connectivity index (χ4v) is 1.15. The zero-order valence-electron chi connectivity index (χ0n) is 9.86. The van der Waals surface area contributed by atoms with Crippen LogP contribution < -0.4 is 11.5 Å². The van der Waals surface area contributed by atoms with E-state index in [0.29, 0.717) is 5.88 Å². The predicted octanol–water partition coefficient (Wildman–Crippen LogP) is 3.15. The Labute approximate surface area is 97.8 Å². The molecule has 0 aliphatic rings. The molecule has 0 bridgehead atoms. The van der Waals surface area contributed by atoms with Crippen molar-refractivity contribution < 1.29 is 0 Å². The van der Waals surface area contributed by atoms with Crippen LogP contribution in [0.25, 0.3) is 0 Å². The summed E-state index contributed by atoms with van der Waals surface area (Å²) in [6.45, 7) is 9.53. The van der Waals surface area contributed by atoms with Gasteiger partial charge in [-0.3, -0.25) is 0 Å². The van der Waals surface area contributed by atoms with Crippen molar-refractivity contribution in [3.05, 3.63) is 47.6 Å². The second kappa shape index (κ2) is 13.1. The number of hydrogen-bond acceptors (Lipinski definition) is 3. The zero-order chi connectivity index (χ0) is 12.1. The van der Waals surface area contributed by atoms with E-state index in [4.69, 9.17) is 11.5 Å². The Morgan fingerprint density at radius 2 is 2.00 bits per heavy atom. The first-order valence-electron chi connectivity index (χ1n) is 4.99. The first-order chi connectivity index (χ1) is 7.26. The van der Waals surface area contributed by atoms with E-state index in [1.54, 1.807) is 6.08 Å². The molecule has 86 valence electrons. The molecule has 3 heteroatoms. The second-order valence-corrected chi connectivity index (χ2v) is 3.15. The fourth-order valence-electron chi connectivity index (χ4n) is 0.737. The van der Waals surface area contributed by atoms with E-state index in [1.165, 1.54) is 11.8 Å². The summed E-state index contributed by atoms with van der Waals surface area (Å²) in [6, 6.07) is 0. The minimum absolute atomic E-state index is 0.545. The Morgan fingerprint density at radius 1 is 1.40 bits per heavy atom. The Hall–Kier alpha value is -0.930. The van der Waals surface area contributed by atoms with Crippen LogP contribution in [0.2, 0.25) is 0 Å². The molecule has 0 aliphatic carbocycles. The van der Waals surface area contributed by atoms with Crippen LogP contribution >= 0.6 is 11.8 Å². The minimum atomic E-state index is 0.545. The third-order valence-corrected chi connectivity index (χ3v) is 1.98. The predicted molar refractivity (Wildman–Crippen MR) is 73.4 cm³/mol. The summed E-state index contributed by atoms with van der Waals surface area (Å²) in [5.74, 6) is 0.545. The van der Waals surface area contributed by atoms with E-state index < -0.39 is 0 Å². The van der Waals surface area contributed by atoms with Gasteiger partial charge in [-0.2, -0.15) is 0 Å². The lowest BCUT2D eigenvalue weighted by molar-refractivity contribution is 1.35. The van der Waals surface area contributed by atoms with Gasteiger partial charge in [-0.25, -0.2) is 0 Å². The van der Waals surface area contributed by atoms with Crippen molar-refractivity contribution in [3.8, 4) is 0 Å². The summed E-state index contributed by atoms with van der Waals surface area (Å²) in [5.41, 5.74) is 12.8. The van der Waals surface area contributed by atoms with Gasteiger partial charge in [0.05, 0.1) is 0 Å². The van der Waals surface area contributed by atoms with Crippen molar-refractivity contribution >= 4 is 11.8 Å². The molecule has 0 atom stereocenters. The number of thioether (sulfide) groups is 1. The molecule has 0 fully saturated rings. The molecule has 0 saturated heterocycles.